The minimum Gasteiger partial charge on any atom is -0.304 e. The summed E-state index contributed by atoms with van der Waals surface area (Å²) in [4.78, 5) is 1.16. The molecule has 0 saturated heterocycles. The third kappa shape index (κ3) is 3.01. The molecule has 1 unspecified atom stereocenters. The first kappa shape index (κ1) is 14.1. The van der Waals surface area contributed by atoms with Crippen LogP contribution in [0, 0.1) is 0 Å². The molecule has 0 aromatic carbocycles. The Bertz CT molecular complexity index is 537. The van der Waals surface area contributed by atoms with Gasteiger partial charge in [-0.2, -0.15) is 5.10 Å². The van der Waals surface area contributed by atoms with Crippen LogP contribution in [0.1, 0.15) is 50.0 Å². The second-order valence-electron chi connectivity index (χ2n) is 5.64. The van der Waals surface area contributed by atoms with E-state index in [1.807, 2.05) is 24.0 Å². The Morgan fingerprint density at radius 3 is 2.68 bits per heavy atom. The molecule has 104 valence electrons. The van der Waals surface area contributed by atoms with Crippen LogP contribution in [-0.2, 0) is 12.5 Å². The minimum absolute atomic E-state index is 0.00914. The first-order valence-corrected chi connectivity index (χ1v) is 7.26. The van der Waals surface area contributed by atoms with Crippen molar-refractivity contribution in [3.8, 4) is 0 Å². The van der Waals surface area contributed by atoms with Crippen LogP contribution in [-0.4, -0.2) is 25.9 Å². The van der Waals surface area contributed by atoms with Gasteiger partial charge in [-0.15, -0.1) is 5.10 Å². The van der Waals surface area contributed by atoms with Crippen molar-refractivity contribution in [3.63, 3.8) is 0 Å². The molecule has 0 bridgehead atoms. The van der Waals surface area contributed by atoms with Crippen LogP contribution in [0.25, 0.3) is 0 Å². The van der Waals surface area contributed by atoms with E-state index in [-0.39, 0.29) is 11.5 Å². The predicted octanol–water partition coefficient (Wildman–Crippen LogP) is 2.27. The van der Waals surface area contributed by atoms with Gasteiger partial charge in [0.1, 0.15) is 0 Å². The number of rotatable bonds is 4. The number of aryl methyl sites for hydroxylation is 1. The van der Waals surface area contributed by atoms with Gasteiger partial charge < -0.3 is 5.32 Å². The molecular weight excluding hydrogens is 258 g/mol. The summed E-state index contributed by atoms with van der Waals surface area (Å²) in [5.74, 6) is 0. The average Bonchev–Trinajstić information content (AvgIpc) is 2.93. The zero-order valence-corrected chi connectivity index (χ0v) is 13.0. The van der Waals surface area contributed by atoms with Crippen LogP contribution in [0.15, 0.2) is 12.3 Å². The van der Waals surface area contributed by atoms with E-state index in [0.717, 1.165) is 22.8 Å². The number of nitrogens with zero attached hydrogens (tertiary/aromatic N) is 4. The van der Waals surface area contributed by atoms with E-state index in [1.165, 1.54) is 11.5 Å². The zero-order chi connectivity index (χ0) is 14.0. The molecule has 2 aromatic heterocycles. The molecule has 6 heteroatoms. The number of hydrogen-bond donors (Lipinski definition) is 1. The molecule has 0 saturated carbocycles. The summed E-state index contributed by atoms with van der Waals surface area (Å²) in [6.45, 7) is 9.46. The molecule has 2 aromatic rings. The van der Waals surface area contributed by atoms with E-state index in [1.54, 1.807) is 0 Å². The van der Waals surface area contributed by atoms with Crippen LogP contribution in [0.5, 0.6) is 0 Å². The van der Waals surface area contributed by atoms with E-state index in [2.05, 4.69) is 47.7 Å². The molecule has 2 heterocycles. The molecular formula is C13H21N5S. The van der Waals surface area contributed by atoms with E-state index >= 15 is 0 Å². The lowest BCUT2D eigenvalue weighted by Gasteiger charge is -2.21. The maximum Gasteiger partial charge on any atom is 0.0899 e. The molecule has 19 heavy (non-hydrogen) atoms. The van der Waals surface area contributed by atoms with Crippen molar-refractivity contribution in [1.82, 2.24) is 24.7 Å². The van der Waals surface area contributed by atoms with Gasteiger partial charge in [0.15, 0.2) is 0 Å². The van der Waals surface area contributed by atoms with Crippen LogP contribution in [0.2, 0.25) is 0 Å². The van der Waals surface area contributed by atoms with E-state index in [9.17, 15) is 0 Å². The fraction of sp³-hybridized carbons (Fsp3) is 0.615. The Hall–Kier alpha value is -1.27. The Kier molecular flexibility index (Phi) is 4.01. The molecule has 1 N–H and O–H groups in total. The first-order valence-electron chi connectivity index (χ1n) is 6.49. The van der Waals surface area contributed by atoms with Crippen LogP contribution in [0.3, 0.4) is 0 Å². The van der Waals surface area contributed by atoms with Crippen LogP contribution in [0.4, 0.5) is 0 Å². The molecule has 0 aliphatic rings. The van der Waals surface area contributed by atoms with Gasteiger partial charge in [-0.05, 0) is 24.1 Å². The molecule has 0 radical (unpaired) electrons. The lowest BCUT2D eigenvalue weighted by molar-refractivity contribution is 0.537. The molecule has 0 amide bonds. The maximum atomic E-state index is 4.51. The van der Waals surface area contributed by atoms with Crippen molar-refractivity contribution in [3.05, 3.63) is 28.5 Å². The van der Waals surface area contributed by atoms with Crippen molar-refractivity contribution in [1.29, 1.82) is 0 Å². The lowest BCUT2D eigenvalue weighted by atomic mass is 9.89. The topological polar surface area (TPSA) is 55.6 Å². The normalized spacial score (nSPS) is 13.7. The predicted molar refractivity (Wildman–Crippen MR) is 77.3 cm³/mol. The standard InChI is InChI=1S/C13H21N5S/c1-6-14-10(9-7-8-18(5)16-9)11-12(13(2,3)4)15-17-19-11/h7-8,10,14H,6H2,1-5H3. The number of aromatic nitrogens is 4. The lowest BCUT2D eigenvalue weighted by Crippen LogP contribution is -2.25. The Morgan fingerprint density at radius 1 is 1.42 bits per heavy atom. The molecule has 1 atom stereocenters. The van der Waals surface area contributed by atoms with Gasteiger partial charge in [0.2, 0.25) is 0 Å². The van der Waals surface area contributed by atoms with Crippen molar-refractivity contribution in [2.45, 2.75) is 39.2 Å². The highest BCUT2D eigenvalue weighted by atomic mass is 32.1. The van der Waals surface area contributed by atoms with E-state index in [4.69, 9.17) is 0 Å². The zero-order valence-electron chi connectivity index (χ0n) is 12.1. The second kappa shape index (κ2) is 5.38. The Labute approximate surface area is 118 Å². The van der Waals surface area contributed by atoms with Crippen LogP contribution >= 0.6 is 11.5 Å². The Morgan fingerprint density at radius 2 is 2.16 bits per heavy atom. The SMILES string of the molecule is CCNC(c1ccn(C)n1)c1snnc1C(C)(C)C. The minimum atomic E-state index is -0.00914. The summed E-state index contributed by atoms with van der Waals surface area (Å²) in [6, 6.07) is 2.11. The molecule has 0 aliphatic carbocycles. The van der Waals surface area contributed by atoms with Crippen molar-refractivity contribution in [2.75, 3.05) is 6.54 Å². The average molecular weight is 279 g/mol. The quantitative estimate of drug-likeness (QED) is 0.933. The molecule has 0 fully saturated rings. The molecule has 5 nitrogen and oxygen atoms in total. The number of hydrogen-bond acceptors (Lipinski definition) is 5. The summed E-state index contributed by atoms with van der Waals surface area (Å²) in [6.07, 6.45) is 1.96. The van der Waals surface area contributed by atoms with Crippen molar-refractivity contribution in [2.24, 2.45) is 7.05 Å². The van der Waals surface area contributed by atoms with Crippen molar-refractivity contribution >= 4 is 11.5 Å². The van der Waals surface area contributed by atoms with Gasteiger partial charge in [0, 0.05) is 18.7 Å². The summed E-state index contributed by atoms with van der Waals surface area (Å²) in [5, 5.41) is 12.3. The second-order valence-corrected chi connectivity index (χ2v) is 6.43. The fourth-order valence-electron chi connectivity index (χ4n) is 2.03. The Balaban J connectivity index is 2.43. The largest absolute Gasteiger partial charge is 0.304 e. The summed E-state index contributed by atoms with van der Waals surface area (Å²) < 4.78 is 5.97. The smallest absolute Gasteiger partial charge is 0.0899 e. The molecule has 0 aliphatic heterocycles. The van der Waals surface area contributed by atoms with Gasteiger partial charge in [-0.25, -0.2) is 0 Å². The maximum absolute atomic E-state index is 4.51. The highest BCUT2D eigenvalue weighted by Gasteiger charge is 2.28. The fourth-order valence-corrected chi connectivity index (χ4v) is 2.98. The summed E-state index contributed by atoms with van der Waals surface area (Å²) >= 11 is 1.46. The third-order valence-electron chi connectivity index (χ3n) is 2.92. The van der Waals surface area contributed by atoms with Crippen molar-refractivity contribution < 1.29 is 0 Å². The third-order valence-corrected chi connectivity index (χ3v) is 3.71. The van der Waals surface area contributed by atoms with Gasteiger partial charge in [-0.3, -0.25) is 4.68 Å². The van der Waals surface area contributed by atoms with Gasteiger partial charge in [0.25, 0.3) is 0 Å². The molecule has 0 spiro atoms. The summed E-state index contributed by atoms with van der Waals surface area (Å²) in [5.41, 5.74) is 2.06. The van der Waals surface area contributed by atoms with Gasteiger partial charge >= 0.3 is 0 Å². The summed E-state index contributed by atoms with van der Waals surface area (Å²) in [7, 11) is 1.93. The van der Waals surface area contributed by atoms with E-state index < -0.39 is 0 Å². The van der Waals surface area contributed by atoms with Gasteiger partial charge in [-0.1, -0.05) is 32.2 Å². The highest BCUT2D eigenvalue weighted by molar-refractivity contribution is 7.05. The first-order chi connectivity index (χ1) is 8.93. The highest BCUT2D eigenvalue weighted by Crippen LogP contribution is 2.32. The monoisotopic (exact) mass is 279 g/mol. The molecule has 2 rings (SSSR count). The van der Waals surface area contributed by atoms with Gasteiger partial charge in [0.05, 0.1) is 22.3 Å². The number of nitrogens with one attached hydrogen (secondary N) is 1. The van der Waals surface area contributed by atoms with E-state index in [0.29, 0.717) is 0 Å². The van der Waals surface area contributed by atoms with Crippen LogP contribution < -0.4 is 5.32 Å².